The number of rotatable bonds is 7. The number of nitrogens with zero attached hydrogens (tertiary/aromatic N) is 1. The molecule has 3 N–H and O–H groups in total. The van der Waals surface area contributed by atoms with Crippen LogP contribution in [0.2, 0.25) is 0 Å². The first kappa shape index (κ1) is 21.0. The van der Waals surface area contributed by atoms with Crippen LogP contribution in [0, 0.1) is 12.7 Å². The molecule has 0 aliphatic heterocycles. The molecule has 7 nitrogen and oxygen atoms in total. The van der Waals surface area contributed by atoms with Crippen LogP contribution in [0.15, 0.2) is 41.4 Å². The zero-order valence-electron chi connectivity index (χ0n) is 16.4. The summed E-state index contributed by atoms with van der Waals surface area (Å²) in [7, 11) is 4.78. The van der Waals surface area contributed by atoms with Gasteiger partial charge >= 0.3 is 0 Å². The van der Waals surface area contributed by atoms with Crippen LogP contribution in [0.4, 0.5) is 10.1 Å². The highest BCUT2D eigenvalue weighted by Crippen LogP contribution is 2.29. The maximum Gasteiger partial charge on any atom is 0.251 e. The molecule has 0 fully saturated rings. The lowest BCUT2D eigenvalue weighted by Crippen LogP contribution is -2.37. The molecule has 0 aromatic heterocycles. The van der Waals surface area contributed by atoms with Gasteiger partial charge in [0.1, 0.15) is 5.82 Å². The van der Waals surface area contributed by atoms with Gasteiger partial charge in [-0.25, -0.2) is 4.39 Å². The molecule has 0 heterocycles. The third kappa shape index (κ3) is 5.60. The Kier molecular flexibility index (Phi) is 7.62. The maximum absolute atomic E-state index is 13.6. The van der Waals surface area contributed by atoms with E-state index in [0.717, 1.165) is 5.69 Å². The Bertz CT molecular complexity index is 855. The summed E-state index contributed by atoms with van der Waals surface area (Å²) < 4.78 is 24.0. The SMILES string of the molecule is CN=C(NCCNC(=O)c1ccc(C)c(F)c1)Nc1ccc(OC)c(OC)c1. The van der Waals surface area contributed by atoms with E-state index in [1.165, 1.54) is 6.07 Å². The Morgan fingerprint density at radius 2 is 1.75 bits per heavy atom. The van der Waals surface area contributed by atoms with Gasteiger partial charge in [-0.05, 0) is 36.8 Å². The Labute approximate surface area is 164 Å². The summed E-state index contributed by atoms with van der Waals surface area (Å²) in [5, 5.41) is 8.95. The zero-order valence-corrected chi connectivity index (χ0v) is 16.4. The van der Waals surface area contributed by atoms with Crippen molar-refractivity contribution in [1.29, 1.82) is 0 Å². The van der Waals surface area contributed by atoms with E-state index in [0.29, 0.717) is 36.1 Å². The lowest BCUT2D eigenvalue weighted by Gasteiger charge is -2.14. The molecule has 0 unspecified atom stereocenters. The first-order chi connectivity index (χ1) is 13.5. The average molecular weight is 388 g/mol. The minimum Gasteiger partial charge on any atom is -0.493 e. The summed E-state index contributed by atoms with van der Waals surface area (Å²) in [6.45, 7) is 2.44. The standard InChI is InChI=1S/C20H25FN4O3/c1-13-5-6-14(11-16(13)21)19(26)23-9-10-24-20(22-2)25-15-7-8-17(27-3)18(12-15)28-4/h5-8,11-12H,9-10H2,1-4H3,(H,23,26)(H2,22,24,25). The van der Waals surface area contributed by atoms with Crippen molar-refractivity contribution in [3.05, 3.63) is 53.3 Å². The number of guanidine groups is 1. The van der Waals surface area contributed by atoms with Gasteiger partial charge in [0.15, 0.2) is 17.5 Å². The second-order valence-electron chi connectivity index (χ2n) is 5.91. The molecular formula is C20H25FN4O3. The minimum atomic E-state index is -0.398. The summed E-state index contributed by atoms with van der Waals surface area (Å²) >= 11 is 0. The molecule has 0 aliphatic rings. The number of benzene rings is 2. The highest BCUT2D eigenvalue weighted by atomic mass is 19.1. The number of hydrogen-bond donors (Lipinski definition) is 3. The summed E-state index contributed by atoms with van der Waals surface area (Å²) in [5.41, 5.74) is 1.56. The molecule has 0 saturated heterocycles. The minimum absolute atomic E-state index is 0.288. The van der Waals surface area contributed by atoms with Gasteiger partial charge in [-0.1, -0.05) is 6.07 Å². The molecule has 0 aliphatic carbocycles. The van der Waals surface area contributed by atoms with Crippen molar-refractivity contribution in [1.82, 2.24) is 10.6 Å². The molecule has 2 rings (SSSR count). The molecule has 28 heavy (non-hydrogen) atoms. The number of hydrogen-bond acceptors (Lipinski definition) is 4. The fourth-order valence-corrected chi connectivity index (χ4v) is 2.42. The normalized spacial score (nSPS) is 11.0. The number of carbonyl (C=O) groups excluding carboxylic acids is 1. The molecule has 0 atom stereocenters. The van der Waals surface area contributed by atoms with Crippen molar-refractivity contribution < 1.29 is 18.7 Å². The van der Waals surface area contributed by atoms with E-state index in [-0.39, 0.29) is 11.5 Å². The van der Waals surface area contributed by atoms with E-state index in [4.69, 9.17) is 9.47 Å². The van der Waals surface area contributed by atoms with Crippen LogP contribution in [-0.2, 0) is 0 Å². The molecule has 8 heteroatoms. The molecule has 0 saturated carbocycles. The highest BCUT2D eigenvalue weighted by Gasteiger charge is 2.08. The number of amides is 1. The number of ether oxygens (including phenoxy) is 2. The molecular weight excluding hydrogens is 363 g/mol. The van der Waals surface area contributed by atoms with Crippen LogP contribution in [0.1, 0.15) is 15.9 Å². The Hall–Kier alpha value is -3.29. The summed E-state index contributed by atoms with van der Waals surface area (Å²) in [6.07, 6.45) is 0. The third-order valence-electron chi connectivity index (χ3n) is 4.01. The van der Waals surface area contributed by atoms with Gasteiger partial charge in [-0.3, -0.25) is 9.79 Å². The largest absolute Gasteiger partial charge is 0.493 e. The quantitative estimate of drug-likeness (QED) is 0.386. The van der Waals surface area contributed by atoms with Crippen LogP contribution in [0.3, 0.4) is 0 Å². The van der Waals surface area contributed by atoms with E-state index >= 15 is 0 Å². The Morgan fingerprint density at radius 1 is 1.04 bits per heavy atom. The van der Waals surface area contributed by atoms with Crippen molar-refractivity contribution >= 4 is 17.6 Å². The van der Waals surface area contributed by atoms with Gasteiger partial charge in [-0.2, -0.15) is 0 Å². The average Bonchev–Trinajstić information content (AvgIpc) is 2.71. The fourth-order valence-electron chi connectivity index (χ4n) is 2.42. The van der Waals surface area contributed by atoms with Gasteiger partial charge in [0.05, 0.1) is 14.2 Å². The fraction of sp³-hybridized carbons (Fsp3) is 0.300. The molecule has 150 valence electrons. The molecule has 0 bridgehead atoms. The van der Waals surface area contributed by atoms with Gasteiger partial charge in [0.25, 0.3) is 5.91 Å². The van der Waals surface area contributed by atoms with E-state index in [2.05, 4.69) is 20.9 Å². The molecule has 2 aromatic carbocycles. The summed E-state index contributed by atoms with van der Waals surface area (Å²) in [6, 6.07) is 9.82. The molecule has 0 radical (unpaired) electrons. The lowest BCUT2D eigenvalue weighted by molar-refractivity contribution is 0.0954. The van der Waals surface area contributed by atoms with Gasteiger partial charge in [0, 0.05) is 37.5 Å². The number of methoxy groups -OCH3 is 2. The highest BCUT2D eigenvalue weighted by molar-refractivity contribution is 5.95. The van der Waals surface area contributed by atoms with Crippen molar-refractivity contribution in [2.75, 3.05) is 39.7 Å². The number of aryl methyl sites for hydroxylation is 1. The van der Waals surface area contributed by atoms with E-state index in [9.17, 15) is 9.18 Å². The first-order valence-electron chi connectivity index (χ1n) is 8.72. The van der Waals surface area contributed by atoms with Crippen molar-refractivity contribution in [2.24, 2.45) is 4.99 Å². The number of anilines is 1. The number of halogens is 1. The number of carbonyl (C=O) groups is 1. The second kappa shape index (κ2) is 10.1. The van der Waals surface area contributed by atoms with Crippen molar-refractivity contribution in [2.45, 2.75) is 6.92 Å². The van der Waals surface area contributed by atoms with Crippen molar-refractivity contribution in [3.63, 3.8) is 0 Å². The Morgan fingerprint density at radius 3 is 2.39 bits per heavy atom. The van der Waals surface area contributed by atoms with E-state index < -0.39 is 5.82 Å². The summed E-state index contributed by atoms with van der Waals surface area (Å²) in [5.74, 6) is 1.03. The third-order valence-corrected chi connectivity index (χ3v) is 4.01. The summed E-state index contributed by atoms with van der Waals surface area (Å²) in [4.78, 5) is 16.2. The molecule has 2 aromatic rings. The van der Waals surface area contributed by atoms with E-state index in [1.807, 2.05) is 6.07 Å². The topological polar surface area (TPSA) is 84.0 Å². The van der Waals surface area contributed by atoms with Crippen LogP contribution >= 0.6 is 0 Å². The lowest BCUT2D eigenvalue weighted by atomic mass is 10.1. The predicted molar refractivity (Wildman–Crippen MR) is 108 cm³/mol. The monoisotopic (exact) mass is 388 g/mol. The maximum atomic E-state index is 13.6. The first-order valence-corrected chi connectivity index (χ1v) is 8.72. The van der Waals surface area contributed by atoms with Crippen molar-refractivity contribution in [3.8, 4) is 11.5 Å². The van der Waals surface area contributed by atoms with Crippen LogP contribution < -0.4 is 25.4 Å². The second-order valence-corrected chi connectivity index (χ2v) is 5.91. The molecule has 1 amide bonds. The molecule has 0 spiro atoms. The van der Waals surface area contributed by atoms with Crippen LogP contribution in [0.25, 0.3) is 0 Å². The number of nitrogens with one attached hydrogen (secondary N) is 3. The van der Waals surface area contributed by atoms with Gasteiger partial charge in [0.2, 0.25) is 0 Å². The smallest absolute Gasteiger partial charge is 0.251 e. The zero-order chi connectivity index (χ0) is 20.5. The van der Waals surface area contributed by atoms with Crippen LogP contribution in [-0.4, -0.2) is 46.2 Å². The van der Waals surface area contributed by atoms with E-state index in [1.54, 1.807) is 52.5 Å². The van der Waals surface area contributed by atoms with Crippen LogP contribution in [0.5, 0.6) is 11.5 Å². The van der Waals surface area contributed by atoms with Gasteiger partial charge in [-0.15, -0.1) is 0 Å². The Balaban J connectivity index is 1.84. The number of aliphatic imine (C=N–C) groups is 1. The predicted octanol–water partition coefficient (Wildman–Crippen LogP) is 2.57. The van der Waals surface area contributed by atoms with Gasteiger partial charge < -0.3 is 25.4 Å².